The van der Waals surface area contributed by atoms with Crippen LogP contribution >= 0.6 is 0 Å². The van der Waals surface area contributed by atoms with E-state index in [2.05, 4.69) is 60.0 Å². The van der Waals surface area contributed by atoms with Crippen molar-refractivity contribution in [1.82, 2.24) is 20.1 Å². The summed E-state index contributed by atoms with van der Waals surface area (Å²) in [6.07, 6.45) is 5.36. The first-order chi connectivity index (χ1) is 20.3. The van der Waals surface area contributed by atoms with Gasteiger partial charge in [0.25, 0.3) is 11.5 Å². The molecule has 0 unspecified atom stereocenters. The topological polar surface area (TPSA) is 101 Å². The Labute approximate surface area is 249 Å². The Morgan fingerprint density at radius 1 is 0.929 bits per heavy atom. The van der Waals surface area contributed by atoms with Gasteiger partial charge in [-0.25, -0.2) is 0 Å². The van der Waals surface area contributed by atoms with Crippen LogP contribution in [-0.2, 0) is 22.1 Å². The zero-order valence-corrected chi connectivity index (χ0v) is 25.4. The number of carbonyl (C=O) groups excluding carboxylic acids is 3. The van der Waals surface area contributed by atoms with Crippen molar-refractivity contribution in [1.29, 1.82) is 0 Å². The molecule has 1 fully saturated rings. The van der Waals surface area contributed by atoms with E-state index in [0.29, 0.717) is 32.3 Å². The Kier molecular flexibility index (Phi) is 11.7. The van der Waals surface area contributed by atoms with E-state index in [1.54, 1.807) is 32.4 Å². The average Bonchev–Trinajstić information content (AvgIpc) is 3.04. The van der Waals surface area contributed by atoms with Crippen LogP contribution in [0.5, 0.6) is 0 Å². The summed E-state index contributed by atoms with van der Waals surface area (Å²) in [4.78, 5) is 49.6. The van der Waals surface area contributed by atoms with Crippen molar-refractivity contribution in [3.05, 3.63) is 106 Å². The molecule has 8 nitrogen and oxygen atoms in total. The summed E-state index contributed by atoms with van der Waals surface area (Å²) in [5.74, 6) is -0.307. The molecule has 5 rings (SSSR count). The SMILES string of the molecule is CC.CNC=O.Cn1cccc(C(=O)NC2CCN(C(=O)[C@H]3CC[C@@](C)(c4ccccc4)c4ccccc43)CC2)c1=O. The zero-order valence-electron chi connectivity index (χ0n) is 25.4. The molecule has 2 aromatic carbocycles. The number of rotatable bonds is 5. The normalized spacial score (nSPS) is 19.5. The number of hydrogen-bond donors (Lipinski definition) is 2. The van der Waals surface area contributed by atoms with Crippen molar-refractivity contribution < 1.29 is 14.4 Å². The van der Waals surface area contributed by atoms with Gasteiger partial charge in [-0.3, -0.25) is 19.2 Å². The largest absolute Gasteiger partial charge is 0.362 e. The van der Waals surface area contributed by atoms with Gasteiger partial charge in [-0.15, -0.1) is 0 Å². The number of amides is 3. The Bertz CT molecular complexity index is 1400. The van der Waals surface area contributed by atoms with E-state index in [-0.39, 0.29) is 40.3 Å². The Morgan fingerprint density at radius 3 is 2.19 bits per heavy atom. The van der Waals surface area contributed by atoms with Gasteiger partial charge in [-0.05, 0) is 54.5 Å². The van der Waals surface area contributed by atoms with Crippen LogP contribution in [-0.4, -0.2) is 53.9 Å². The number of carbonyl (C=O) groups is 3. The highest BCUT2D eigenvalue weighted by molar-refractivity contribution is 5.94. The van der Waals surface area contributed by atoms with E-state index in [4.69, 9.17) is 4.79 Å². The Hall–Kier alpha value is -4.20. The van der Waals surface area contributed by atoms with Crippen LogP contribution < -0.4 is 16.2 Å². The molecule has 8 heteroatoms. The lowest BCUT2D eigenvalue weighted by Gasteiger charge is -2.42. The molecule has 3 amide bonds. The summed E-state index contributed by atoms with van der Waals surface area (Å²) in [6, 6.07) is 22.2. The number of benzene rings is 2. The molecular formula is C34H44N4O4. The van der Waals surface area contributed by atoms with Crippen molar-refractivity contribution in [3.8, 4) is 0 Å². The fraction of sp³-hybridized carbons (Fsp3) is 0.412. The molecule has 42 heavy (non-hydrogen) atoms. The van der Waals surface area contributed by atoms with Gasteiger partial charge in [0, 0.05) is 44.8 Å². The second-order valence-corrected chi connectivity index (χ2v) is 10.7. The van der Waals surface area contributed by atoms with Crippen LogP contribution in [0.3, 0.4) is 0 Å². The highest BCUT2D eigenvalue weighted by atomic mass is 16.2. The molecule has 0 radical (unpaired) electrons. The highest BCUT2D eigenvalue weighted by Gasteiger charge is 2.41. The lowest BCUT2D eigenvalue weighted by atomic mass is 9.64. The molecule has 0 bridgehead atoms. The van der Waals surface area contributed by atoms with E-state index in [1.807, 2.05) is 30.9 Å². The van der Waals surface area contributed by atoms with Gasteiger partial charge in [0.05, 0.1) is 5.92 Å². The minimum absolute atomic E-state index is 0.0496. The average molecular weight is 573 g/mol. The number of hydrogen-bond acceptors (Lipinski definition) is 4. The fourth-order valence-electron chi connectivity index (χ4n) is 5.89. The summed E-state index contributed by atoms with van der Waals surface area (Å²) in [5, 5.41) is 5.25. The van der Waals surface area contributed by atoms with Crippen molar-refractivity contribution in [3.63, 3.8) is 0 Å². The van der Waals surface area contributed by atoms with Gasteiger partial charge in [0.2, 0.25) is 12.3 Å². The Balaban J connectivity index is 0.000000745. The third kappa shape index (κ3) is 7.16. The van der Waals surface area contributed by atoms with Crippen LogP contribution in [0.25, 0.3) is 0 Å². The van der Waals surface area contributed by atoms with Gasteiger partial charge in [-0.1, -0.05) is 75.4 Å². The predicted molar refractivity (Wildman–Crippen MR) is 167 cm³/mol. The van der Waals surface area contributed by atoms with E-state index in [1.165, 1.54) is 15.7 Å². The smallest absolute Gasteiger partial charge is 0.263 e. The van der Waals surface area contributed by atoms with Gasteiger partial charge < -0.3 is 20.1 Å². The van der Waals surface area contributed by atoms with Crippen LogP contribution in [0.4, 0.5) is 0 Å². The minimum atomic E-state index is -0.345. The van der Waals surface area contributed by atoms with Gasteiger partial charge in [0.15, 0.2) is 0 Å². The van der Waals surface area contributed by atoms with E-state index in [0.717, 1.165) is 18.4 Å². The number of nitrogens with zero attached hydrogens (tertiary/aromatic N) is 2. The Morgan fingerprint density at radius 2 is 1.55 bits per heavy atom. The van der Waals surface area contributed by atoms with Crippen molar-refractivity contribution in [2.75, 3.05) is 20.1 Å². The maximum absolute atomic E-state index is 13.7. The van der Waals surface area contributed by atoms with Crippen molar-refractivity contribution in [2.24, 2.45) is 7.05 Å². The predicted octanol–water partition coefficient (Wildman–Crippen LogP) is 4.38. The van der Waals surface area contributed by atoms with Gasteiger partial charge in [0.1, 0.15) is 5.56 Å². The second kappa shape index (κ2) is 15.1. The molecule has 1 aromatic heterocycles. The van der Waals surface area contributed by atoms with E-state index >= 15 is 0 Å². The highest BCUT2D eigenvalue weighted by Crippen LogP contribution is 2.47. The molecule has 0 saturated carbocycles. The summed E-state index contributed by atoms with van der Waals surface area (Å²) < 4.78 is 1.40. The molecule has 0 spiro atoms. The van der Waals surface area contributed by atoms with Crippen LogP contribution in [0.15, 0.2) is 77.7 Å². The van der Waals surface area contributed by atoms with E-state index in [9.17, 15) is 14.4 Å². The first-order valence-corrected chi connectivity index (χ1v) is 14.8. The molecule has 3 aromatic rings. The molecule has 1 aliphatic heterocycles. The first kappa shape index (κ1) is 32.3. The first-order valence-electron chi connectivity index (χ1n) is 14.8. The number of likely N-dealkylation sites (tertiary alicyclic amines) is 1. The minimum Gasteiger partial charge on any atom is -0.362 e. The monoisotopic (exact) mass is 572 g/mol. The third-order valence-electron chi connectivity index (χ3n) is 8.20. The molecule has 2 atom stereocenters. The van der Waals surface area contributed by atoms with Gasteiger partial charge in [-0.2, -0.15) is 0 Å². The summed E-state index contributed by atoms with van der Waals surface area (Å²) in [5.41, 5.74) is 3.40. The number of piperidine rings is 1. The lowest BCUT2D eigenvalue weighted by Crippen LogP contribution is -2.49. The molecule has 2 heterocycles. The maximum Gasteiger partial charge on any atom is 0.263 e. The quantitative estimate of drug-likeness (QED) is 0.443. The van der Waals surface area contributed by atoms with Crippen LogP contribution in [0, 0.1) is 0 Å². The second-order valence-electron chi connectivity index (χ2n) is 10.7. The van der Waals surface area contributed by atoms with Crippen molar-refractivity contribution in [2.45, 2.75) is 63.8 Å². The maximum atomic E-state index is 13.7. The third-order valence-corrected chi connectivity index (χ3v) is 8.20. The molecule has 1 saturated heterocycles. The van der Waals surface area contributed by atoms with Gasteiger partial charge >= 0.3 is 0 Å². The lowest BCUT2D eigenvalue weighted by molar-refractivity contribution is -0.134. The van der Waals surface area contributed by atoms with E-state index < -0.39 is 0 Å². The standard InChI is InChI=1S/C30H33N3O3.C2H5NO.C2H6/c1-30(21-9-4-3-5-10-21)17-14-24(23-11-6-7-13-26(23)30)29(36)33-19-15-22(16-20-33)31-27(34)25-12-8-18-32(2)28(25)35;1-3-2-4;1-2/h3-13,18,22,24H,14-17,19-20H2,1-2H3,(H,31,34);2H,1H3,(H,3,4);1-2H3/t24-,30-;;/m0../s1. The number of nitrogens with one attached hydrogen (secondary N) is 2. The molecule has 224 valence electrons. The number of fused-ring (bicyclic) bond motifs is 1. The summed E-state index contributed by atoms with van der Waals surface area (Å²) in [7, 11) is 3.20. The summed E-state index contributed by atoms with van der Waals surface area (Å²) >= 11 is 0. The number of pyridine rings is 1. The zero-order chi connectivity index (χ0) is 30.7. The number of aromatic nitrogens is 1. The molecule has 2 aliphatic rings. The van der Waals surface area contributed by atoms with Crippen LogP contribution in [0.2, 0.25) is 0 Å². The van der Waals surface area contributed by atoms with Crippen molar-refractivity contribution >= 4 is 18.2 Å². The molecule has 1 aliphatic carbocycles. The number of aryl methyl sites for hydroxylation is 1. The van der Waals surface area contributed by atoms with Crippen LogP contribution in [0.1, 0.15) is 79.4 Å². The molecule has 2 N–H and O–H groups in total. The summed E-state index contributed by atoms with van der Waals surface area (Å²) in [6.45, 7) is 7.49. The fourth-order valence-corrected chi connectivity index (χ4v) is 5.89. The molecular weight excluding hydrogens is 528 g/mol.